The van der Waals surface area contributed by atoms with Crippen LogP contribution in [0.2, 0.25) is 0 Å². The van der Waals surface area contributed by atoms with E-state index >= 15 is 0 Å². The summed E-state index contributed by atoms with van der Waals surface area (Å²) in [5.41, 5.74) is 3.80. The molecule has 0 amide bonds. The van der Waals surface area contributed by atoms with Crippen molar-refractivity contribution in [3.63, 3.8) is 0 Å². The summed E-state index contributed by atoms with van der Waals surface area (Å²) in [6, 6.07) is 0. The van der Waals surface area contributed by atoms with E-state index in [1.54, 1.807) is 17.9 Å². The Kier molecular flexibility index (Phi) is 3.97. The lowest BCUT2D eigenvalue weighted by Crippen LogP contribution is -2.24. The average molecular weight is 297 g/mol. The predicted octanol–water partition coefficient (Wildman–Crippen LogP) is -0.717. The first kappa shape index (κ1) is 14.4. The normalized spacial score (nSPS) is 11.6. The van der Waals surface area contributed by atoms with Crippen LogP contribution in [0.3, 0.4) is 0 Å². The lowest BCUT2D eigenvalue weighted by molar-refractivity contribution is 0.580. The van der Waals surface area contributed by atoms with Gasteiger partial charge in [-0.15, -0.1) is 0 Å². The van der Waals surface area contributed by atoms with E-state index in [2.05, 4.69) is 25.2 Å². The smallest absolute Gasteiger partial charge is 0.243 e. The van der Waals surface area contributed by atoms with Crippen molar-refractivity contribution in [1.82, 2.24) is 24.5 Å². The monoisotopic (exact) mass is 297 g/mol. The first-order valence-corrected chi connectivity index (χ1v) is 7.18. The Morgan fingerprint density at radius 2 is 2.00 bits per heavy atom. The molecule has 2 aromatic heterocycles. The molecule has 0 saturated carbocycles. The number of anilines is 1. The summed E-state index contributed by atoms with van der Waals surface area (Å²) in [6.45, 7) is 1.97. The van der Waals surface area contributed by atoms with Crippen molar-refractivity contribution in [3.05, 3.63) is 29.8 Å². The number of hydrogen-bond acceptors (Lipinski definition) is 7. The quantitative estimate of drug-likeness (QED) is 0.491. The minimum atomic E-state index is -3.67. The van der Waals surface area contributed by atoms with Crippen molar-refractivity contribution in [3.8, 4) is 0 Å². The number of hydrazine groups is 1. The van der Waals surface area contributed by atoms with Crippen LogP contribution < -0.4 is 16.0 Å². The van der Waals surface area contributed by atoms with Gasteiger partial charge in [0.1, 0.15) is 4.90 Å². The number of sulfonamides is 1. The van der Waals surface area contributed by atoms with Crippen molar-refractivity contribution < 1.29 is 8.42 Å². The Bertz CT molecular complexity index is 693. The summed E-state index contributed by atoms with van der Waals surface area (Å²) in [5, 5.41) is 4.14. The molecule has 9 nitrogen and oxygen atoms in total. The van der Waals surface area contributed by atoms with Crippen LogP contribution in [-0.2, 0) is 23.6 Å². The summed E-state index contributed by atoms with van der Waals surface area (Å²) in [5.74, 6) is 5.26. The highest BCUT2D eigenvalue weighted by Gasteiger charge is 2.16. The third kappa shape index (κ3) is 3.10. The number of nitrogens with one attached hydrogen (secondary N) is 2. The maximum Gasteiger partial charge on any atom is 0.243 e. The van der Waals surface area contributed by atoms with E-state index in [4.69, 9.17) is 5.84 Å². The second kappa shape index (κ2) is 5.53. The summed E-state index contributed by atoms with van der Waals surface area (Å²) in [6.07, 6.45) is 4.12. The van der Waals surface area contributed by atoms with E-state index in [-0.39, 0.29) is 17.4 Å². The van der Waals surface area contributed by atoms with Gasteiger partial charge in [-0.1, -0.05) is 0 Å². The van der Waals surface area contributed by atoms with Gasteiger partial charge in [0.2, 0.25) is 16.0 Å². The highest BCUT2D eigenvalue weighted by molar-refractivity contribution is 7.89. The van der Waals surface area contributed by atoms with E-state index in [1.165, 1.54) is 12.4 Å². The molecule has 0 bridgehead atoms. The number of rotatable bonds is 5. The minimum Gasteiger partial charge on any atom is -0.292 e. The number of aryl methyl sites for hydroxylation is 2. The molecule has 0 aliphatic heterocycles. The number of nitrogens with zero attached hydrogens (tertiary/aromatic N) is 4. The third-order valence-electron chi connectivity index (χ3n) is 2.64. The summed E-state index contributed by atoms with van der Waals surface area (Å²) in [4.78, 5) is 7.48. The first-order valence-electron chi connectivity index (χ1n) is 5.70. The molecule has 0 saturated heterocycles. The molecule has 4 N–H and O–H groups in total. The molecule has 0 radical (unpaired) electrons. The molecular weight excluding hydrogens is 282 g/mol. The molecule has 0 unspecified atom stereocenters. The molecule has 108 valence electrons. The van der Waals surface area contributed by atoms with Gasteiger partial charge < -0.3 is 0 Å². The fourth-order valence-electron chi connectivity index (χ4n) is 1.61. The number of aromatic nitrogens is 4. The zero-order valence-corrected chi connectivity index (χ0v) is 11.8. The zero-order valence-electron chi connectivity index (χ0n) is 11.0. The molecule has 0 atom stereocenters. The zero-order chi connectivity index (χ0) is 14.8. The molecule has 0 spiro atoms. The predicted molar refractivity (Wildman–Crippen MR) is 71.8 cm³/mol. The molecular formula is C10H15N7O2S. The topological polar surface area (TPSA) is 128 Å². The lowest BCUT2D eigenvalue weighted by atomic mass is 10.3. The van der Waals surface area contributed by atoms with Crippen LogP contribution in [0.4, 0.5) is 5.95 Å². The van der Waals surface area contributed by atoms with Gasteiger partial charge in [-0.3, -0.25) is 10.1 Å². The SMILES string of the molecule is Cc1nn(C)cc1CNS(=O)(=O)c1cnc(NN)nc1. The molecule has 0 fully saturated rings. The van der Waals surface area contributed by atoms with Gasteiger partial charge >= 0.3 is 0 Å². The Morgan fingerprint density at radius 1 is 1.35 bits per heavy atom. The van der Waals surface area contributed by atoms with Crippen molar-refractivity contribution in [2.45, 2.75) is 18.4 Å². The van der Waals surface area contributed by atoms with Crippen LogP contribution in [0.15, 0.2) is 23.5 Å². The maximum absolute atomic E-state index is 12.1. The fraction of sp³-hybridized carbons (Fsp3) is 0.300. The van der Waals surface area contributed by atoms with Crippen molar-refractivity contribution in [2.75, 3.05) is 5.43 Å². The van der Waals surface area contributed by atoms with Gasteiger partial charge in [0.15, 0.2) is 0 Å². The van der Waals surface area contributed by atoms with Gasteiger partial charge in [-0.05, 0) is 6.92 Å². The van der Waals surface area contributed by atoms with E-state index < -0.39 is 10.0 Å². The van der Waals surface area contributed by atoms with Crippen molar-refractivity contribution in [2.24, 2.45) is 12.9 Å². The van der Waals surface area contributed by atoms with E-state index in [9.17, 15) is 8.42 Å². The number of hydrogen-bond donors (Lipinski definition) is 3. The first-order chi connectivity index (χ1) is 9.42. The third-order valence-corrected chi connectivity index (χ3v) is 3.99. The molecule has 2 rings (SSSR count). The van der Waals surface area contributed by atoms with Gasteiger partial charge in [-0.25, -0.2) is 29.0 Å². The molecule has 2 heterocycles. The largest absolute Gasteiger partial charge is 0.292 e. The van der Waals surface area contributed by atoms with Gasteiger partial charge in [-0.2, -0.15) is 5.10 Å². The standard InChI is InChI=1S/C10H15N7O2S/c1-7-8(6-17(2)16-7)3-14-20(18,19)9-4-12-10(15-11)13-5-9/h4-6,14H,3,11H2,1-2H3,(H,12,13,15). The minimum absolute atomic E-state index is 0.0296. The van der Waals surface area contributed by atoms with Crippen LogP contribution in [0.1, 0.15) is 11.3 Å². The van der Waals surface area contributed by atoms with E-state index in [0.717, 1.165) is 11.3 Å². The molecule has 0 aliphatic carbocycles. The second-order valence-corrected chi connectivity index (χ2v) is 5.89. The summed E-state index contributed by atoms with van der Waals surface area (Å²) >= 11 is 0. The van der Waals surface area contributed by atoms with Crippen LogP contribution in [0.5, 0.6) is 0 Å². The Hall–Kier alpha value is -2.04. The highest BCUT2D eigenvalue weighted by atomic mass is 32.2. The Balaban J connectivity index is 2.12. The summed E-state index contributed by atoms with van der Waals surface area (Å²) in [7, 11) is -1.90. The van der Waals surface area contributed by atoms with Crippen molar-refractivity contribution >= 4 is 16.0 Å². The van der Waals surface area contributed by atoms with Crippen LogP contribution in [-0.4, -0.2) is 28.2 Å². The fourth-order valence-corrected chi connectivity index (χ4v) is 2.50. The average Bonchev–Trinajstić information content (AvgIpc) is 2.75. The molecule has 2 aromatic rings. The van der Waals surface area contributed by atoms with Crippen LogP contribution >= 0.6 is 0 Å². The Labute approximate surface area is 116 Å². The Morgan fingerprint density at radius 3 is 2.50 bits per heavy atom. The number of nitrogen functional groups attached to an aromatic ring is 1. The van der Waals surface area contributed by atoms with E-state index in [0.29, 0.717) is 0 Å². The molecule has 10 heteroatoms. The lowest BCUT2D eigenvalue weighted by Gasteiger charge is -2.06. The van der Waals surface area contributed by atoms with Gasteiger partial charge in [0.25, 0.3) is 0 Å². The molecule has 20 heavy (non-hydrogen) atoms. The van der Waals surface area contributed by atoms with Gasteiger partial charge in [0, 0.05) is 25.4 Å². The maximum atomic E-state index is 12.1. The second-order valence-electron chi connectivity index (χ2n) is 4.12. The van der Waals surface area contributed by atoms with Gasteiger partial charge in [0.05, 0.1) is 18.1 Å². The molecule has 0 aliphatic rings. The van der Waals surface area contributed by atoms with E-state index in [1.807, 2.05) is 6.92 Å². The van der Waals surface area contributed by atoms with Crippen LogP contribution in [0.25, 0.3) is 0 Å². The molecule has 0 aromatic carbocycles. The van der Waals surface area contributed by atoms with Crippen molar-refractivity contribution in [1.29, 1.82) is 0 Å². The summed E-state index contributed by atoms with van der Waals surface area (Å²) < 4.78 is 28.2. The highest BCUT2D eigenvalue weighted by Crippen LogP contribution is 2.09. The number of nitrogens with two attached hydrogens (primary N) is 1. The van der Waals surface area contributed by atoms with Crippen LogP contribution in [0, 0.1) is 6.92 Å².